The van der Waals surface area contributed by atoms with Gasteiger partial charge in [-0.25, -0.2) is 8.78 Å². The van der Waals surface area contributed by atoms with Crippen LogP contribution in [0.25, 0.3) is 0 Å². The normalized spacial score (nSPS) is 10.2. The minimum absolute atomic E-state index is 0.126. The third-order valence-corrected chi connectivity index (χ3v) is 1.86. The maximum atomic E-state index is 12.8. The molecule has 1 amide bonds. The fourth-order valence-electron chi connectivity index (χ4n) is 1.21. The van der Waals surface area contributed by atoms with Crippen LogP contribution in [0.3, 0.4) is 0 Å². The summed E-state index contributed by atoms with van der Waals surface area (Å²) in [6.45, 7) is 2.84. The largest absolute Gasteiger partial charge is 0.325 e. The first-order valence-corrected chi connectivity index (χ1v) is 5.08. The first-order valence-electron chi connectivity index (χ1n) is 5.08. The van der Waals surface area contributed by atoms with Gasteiger partial charge in [-0.05, 0) is 25.1 Å². The number of rotatable bonds is 5. The summed E-state index contributed by atoms with van der Waals surface area (Å²) < 4.78 is 25.6. The van der Waals surface area contributed by atoms with Gasteiger partial charge < -0.3 is 10.6 Å². The van der Waals surface area contributed by atoms with Crippen LogP contribution in [0, 0.1) is 11.6 Å². The van der Waals surface area contributed by atoms with Crippen LogP contribution < -0.4 is 10.6 Å². The van der Waals surface area contributed by atoms with E-state index in [1.54, 1.807) is 0 Å². The van der Waals surface area contributed by atoms with Crippen molar-refractivity contribution in [2.45, 2.75) is 13.3 Å². The zero-order chi connectivity index (χ0) is 12.0. The number of amides is 1. The van der Waals surface area contributed by atoms with Crippen molar-refractivity contribution in [3.63, 3.8) is 0 Å². The first kappa shape index (κ1) is 12.6. The summed E-state index contributed by atoms with van der Waals surface area (Å²) in [4.78, 5) is 11.3. The Balaban J connectivity index is 2.49. The zero-order valence-electron chi connectivity index (χ0n) is 9.02. The number of anilines is 1. The Morgan fingerprint density at radius 2 is 1.88 bits per heavy atom. The van der Waals surface area contributed by atoms with Gasteiger partial charge in [-0.15, -0.1) is 0 Å². The smallest absolute Gasteiger partial charge is 0.238 e. The molecule has 2 N–H and O–H groups in total. The Morgan fingerprint density at radius 1 is 1.25 bits per heavy atom. The minimum atomic E-state index is -0.711. The standard InChI is InChI=1S/C11H14F2N2O/c1-2-3-14-7-11(16)15-10-5-8(12)4-9(13)6-10/h4-6,14H,2-3,7H2,1H3,(H,15,16). The van der Waals surface area contributed by atoms with Gasteiger partial charge in [-0.3, -0.25) is 4.79 Å². The Bertz CT molecular complexity index is 349. The Labute approximate surface area is 92.8 Å². The summed E-state index contributed by atoms with van der Waals surface area (Å²) >= 11 is 0. The molecule has 1 rings (SSSR count). The Hall–Kier alpha value is -1.49. The van der Waals surface area contributed by atoms with Crippen molar-refractivity contribution in [1.82, 2.24) is 5.32 Å². The number of carbonyl (C=O) groups excluding carboxylic acids is 1. The highest BCUT2D eigenvalue weighted by atomic mass is 19.1. The summed E-state index contributed by atoms with van der Waals surface area (Å²) in [6.07, 6.45) is 0.919. The number of halogens is 2. The van der Waals surface area contributed by atoms with E-state index in [0.29, 0.717) is 0 Å². The van der Waals surface area contributed by atoms with Gasteiger partial charge in [0.2, 0.25) is 5.91 Å². The second-order valence-corrected chi connectivity index (χ2v) is 3.38. The predicted octanol–water partition coefficient (Wildman–Crippen LogP) is 1.90. The minimum Gasteiger partial charge on any atom is -0.325 e. The van der Waals surface area contributed by atoms with Crippen LogP contribution in [0.5, 0.6) is 0 Å². The lowest BCUT2D eigenvalue weighted by atomic mass is 10.3. The maximum absolute atomic E-state index is 12.8. The van der Waals surface area contributed by atoms with Crippen molar-refractivity contribution in [1.29, 1.82) is 0 Å². The molecule has 88 valence electrons. The van der Waals surface area contributed by atoms with Crippen molar-refractivity contribution >= 4 is 11.6 Å². The number of hydrogen-bond donors (Lipinski definition) is 2. The molecule has 0 aromatic heterocycles. The SMILES string of the molecule is CCCNCC(=O)Nc1cc(F)cc(F)c1. The molecule has 0 saturated carbocycles. The van der Waals surface area contributed by atoms with Crippen LogP contribution in [0.15, 0.2) is 18.2 Å². The second kappa shape index (κ2) is 6.17. The summed E-state index contributed by atoms with van der Waals surface area (Å²) in [5, 5.41) is 5.29. The average molecular weight is 228 g/mol. The van der Waals surface area contributed by atoms with Gasteiger partial charge in [0.15, 0.2) is 0 Å². The van der Waals surface area contributed by atoms with Gasteiger partial charge in [0.05, 0.1) is 6.54 Å². The van der Waals surface area contributed by atoms with E-state index in [1.807, 2.05) is 6.92 Å². The van der Waals surface area contributed by atoms with Crippen LogP contribution in [0.1, 0.15) is 13.3 Å². The van der Waals surface area contributed by atoms with E-state index in [9.17, 15) is 13.6 Å². The van der Waals surface area contributed by atoms with Crippen molar-refractivity contribution in [2.75, 3.05) is 18.4 Å². The average Bonchev–Trinajstić information content (AvgIpc) is 2.16. The van der Waals surface area contributed by atoms with Crippen molar-refractivity contribution in [3.05, 3.63) is 29.8 Å². The van der Waals surface area contributed by atoms with E-state index in [4.69, 9.17) is 0 Å². The maximum Gasteiger partial charge on any atom is 0.238 e. The van der Waals surface area contributed by atoms with Crippen LogP contribution in [-0.4, -0.2) is 19.0 Å². The molecular formula is C11H14F2N2O. The third kappa shape index (κ3) is 4.35. The molecule has 0 unspecified atom stereocenters. The number of hydrogen-bond acceptors (Lipinski definition) is 2. The zero-order valence-corrected chi connectivity index (χ0v) is 9.02. The van der Waals surface area contributed by atoms with Crippen LogP contribution >= 0.6 is 0 Å². The summed E-state index contributed by atoms with van der Waals surface area (Å²) in [7, 11) is 0. The van der Waals surface area contributed by atoms with Crippen molar-refractivity contribution < 1.29 is 13.6 Å². The molecule has 0 saturated heterocycles. The van der Waals surface area contributed by atoms with E-state index < -0.39 is 11.6 Å². The van der Waals surface area contributed by atoms with E-state index in [1.165, 1.54) is 0 Å². The van der Waals surface area contributed by atoms with Gasteiger partial charge in [-0.1, -0.05) is 6.92 Å². The molecule has 5 heteroatoms. The topological polar surface area (TPSA) is 41.1 Å². The highest BCUT2D eigenvalue weighted by Gasteiger charge is 2.04. The molecule has 0 spiro atoms. The van der Waals surface area contributed by atoms with Gasteiger partial charge in [-0.2, -0.15) is 0 Å². The van der Waals surface area contributed by atoms with Crippen LogP contribution in [0.4, 0.5) is 14.5 Å². The lowest BCUT2D eigenvalue weighted by molar-refractivity contribution is -0.115. The fourth-order valence-corrected chi connectivity index (χ4v) is 1.21. The van der Waals surface area contributed by atoms with Crippen molar-refractivity contribution in [3.8, 4) is 0 Å². The van der Waals surface area contributed by atoms with E-state index in [-0.39, 0.29) is 18.1 Å². The Kier molecular flexibility index (Phi) is 4.85. The van der Waals surface area contributed by atoms with Crippen LogP contribution in [-0.2, 0) is 4.79 Å². The van der Waals surface area contributed by atoms with Crippen LogP contribution in [0.2, 0.25) is 0 Å². The first-order chi connectivity index (χ1) is 7.61. The molecule has 16 heavy (non-hydrogen) atoms. The van der Waals surface area contributed by atoms with Gasteiger partial charge >= 0.3 is 0 Å². The molecule has 0 aliphatic carbocycles. The summed E-state index contributed by atoms with van der Waals surface area (Å²) in [6, 6.07) is 2.90. The monoisotopic (exact) mass is 228 g/mol. The summed E-state index contributed by atoms with van der Waals surface area (Å²) in [5.41, 5.74) is 0.126. The number of carbonyl (C=O) groups is 1. The third-order valence-electron chi connectivity index (χ3n) is 1.86. The Morgan fingerprint density at radius 3 is 2.44 bits per heavy atom. The molecule has 0 bridgehead atoms. The van der Waals surface area contributed by atoms with Gasteiger partial charge in [0.25, 0.3) is 0 Å². The molecule has 3 nitrogen and oxygen atoms in total. The van der Waals surface area contributed by atoms with E-state index >= 15 is 0 Å². The van der Waals surface area contributed by atoms with Crippen molar-refractivity contribution in [2.24, 2.45) is 0 Å². The summed E-state index contributed by atoms with van der Waals surface area (Å²) in [5.74, 6) is -1.74. The molecule has 0 radical (unpaired) electrons. The molecule has 0 heterocycles. The fraction of sp³-hybridized carbons (Fsp3) is 0.364. The quantitative estimate of drug-likeness (QED) is 0.756. The lowest BCUT2D eigenvalue weighted by Gasteiger charge is -2.06. The molecule has 0 atom stereocenters. The number of nitrogens with one attached hydrogen (secondary N) is 2. The molecule has 0 aliphatic heterocycles. The molecular weight excluding hydrogens is 214 g/mol. The second-order valence-electron chi connectivity index (χ2n) is 3.38. The van der Waals surface area contributed by atoms with Gasteiger partial charge in [0.1, 0.15) is 11.6 Å². The molecule has 0 aliphatic rings. The van der Waals surface area contributed by atoms with E-state index in [2.05, 4.69) is 10.6 Å². The molecule has 0 fully saturated rings. The predicted molar refractivity (Wildman–Crippen MR) is 58.1 cm³/mol. The highest BCUT2D eigenvalue weighted by molar-refractivity contribution is 5.92. The highest BCUT2D eigenvalue weighted by Crippen LogP contribution is 2.12. The van der Waals surface area contributed by atoms with E-state index in [0.717, 1.165) is 31.2 Å². The number of benzene rings is 1. The van der Waals surface area contributed by atoms with Gasteiger partial charge in [0, 0.05) is 11.8 Å². The lowest BCUT2D eigenvalue weighted by Crippen LogP contribution is -2.28. The molecule has 1 aromatic rings. The molecule has 1 aromatic carbocycles.